The number of anilines is 2. The van der Waals surface area contributed by atoms with E-state index in [1.54, 1.807) is 11.3 Å². The predicted molar refractivity (Wildman–Crippen MR) is 90.1 cm³/mol. The standard InChI is InChI=1S/C14H22N4S2/c15-12(19)11-13(17-7-3-1-4-8-17)16-14(20-11)18-9-5-2-6-10-18/h1-10H2,(H2,15,19). The van der Waals surface area contributed by atoms with Crippen molar-refractivity contribution < 1.29 is 0 Å². The van der Waals surface area contributed by atoms with Crippen LogP contribution in [0.15, 0.2) is 0 Å². The maximum atomic E-state index is 5.92. The van der Waals surface area contributed by atoms with Gasteiger partial charge >= 0.3 is 0 Å². The van der Waals surface area contributed by atoms with Crippen molar-refractivity contribution in [2.75, 3.05) is 36.0 Å². The molecule has 0 spiro atoms. The van der Waals surface area contributed by atoms with Gasteiger partial charge in [-0.1, -0.05) is 23.6 Å². The number of aromatic nitrogens is 1. The van der Waals surface area contributed by atoms with Gasteiger partial charge in [0.2, 0.25) is 0 Å². The van der Waals surface area contributed by atoms with Gasteiger partial charge in [-0.3, -0.25) is 0 Å². The lowest BCUT2D eigenvalue weighted by Gasteiger charge is -2.28. The van der Waals surface area contributed by atoms with Gasteiger partial charge < -0.3 is 15.5 Å². The fraction of sp³-hybridized carbons (Fsp3) is 0.714. The molecule has 2 saturated heterocycles. The number of nitrogens with two attached hydrogens (primary N) is 1. The summed E-state index contributed by atoms with van der Waals surface area (Å²) in [5, 5.41) is 1.10. The molecule has 110 valence electrons. The Kier molecular flexibility index (Phi) is 4.41. The molecule has 6 heteroatoms. The van der Waals surface area contributed by atoms with Crippen molar-refractivity contribution in [3.63, 3.8) is 0 Å². The summed E-state index contributed by atoms with van der Waals surface area (Å²) in [7, 11) is 0. The van der Waals surface area contributed by atoms with Crippen molar-refractivity contribution in [3.05, 3.63) is 4.88 Å². The van der Waals surface area contributed by atoms with E-state index in [2.05, 4.69) is 9.80 Å². The molecule has 0 bridgehead atoms. The van der Waals surface area contributed by atoms with Crippen molar-refractivity contribution in [1.29, 1.82) is 0 Å². The highest BCUT2D eigenvalue weighted by Crippen LogP contribution is 2.34. The molecule has 3 heterocycles. The third kappa shape index (κ3) is 2.91. The fourth-order valence-corrected chi connectivity index (χ4v) is 4.21. The second-order valence-corrected chi connectivity index (χ2v) is 7.03. The number of thiocarbonyl (C=S) groups is 1. The van der Waals surface area contributed by atoms with E-state index in [1.165, 1.54) is 38.5 Å². The summed E-state index contributed by atoms with van der Waals surface area (Å²) in [5.74, 6) is 1.03. The number of nitrogens with zero attached hydrogens (tertiary/aromatic N) is 3. The molecule has 2 aliphatic heterocycles. The van der Waals surface area contributed by atoms with Crippen molar-refractivity contribution in [3.8, 4) is 0 Å². The van der Waals surface area contributed by atoms with Gasteiger partial charge in [-0.05, 0) is 38.5 Å². The van der Waals surface area contributed by atoms with E-state index in [0.717, 1.165) is 42.0 Å². The Morgan fingerprint density at radius 3 is 2.05 bits per heavy atom. The molecular formula is C14H22N4S2. The molecule has 1 aromatic heterocycles. The lowest BCUT2D eigenvalue weighted by atomic mass is 10.1. The van der Waals surface area contributed by atoms with E-state index in [0.29, 0.717) is 4.99 Å². The summed E-state index contributed by atoms with van der Waals surface area (Å²) >= 11 is 6.91. The first kappa shape index (κ1) is 14.1. The minimum atomic E-state index is 0.492. The molecule has 0 unspecified atom stereocenters. The van der Waals surface area contributed by atoms with Crippen molar-refractivity contribution in [1.82, 2.24) is 4.98 Å². The van der Waals surface area contributed by atoms with Crippen LogP contribution in [0.5, 0.6) is 0 Å². The van der Waals surface area contributed by atoms with Gasteiger partial charge in [0.15, 0.2) is 10.9 Å². The Bertz CT molecular complexity index is 474. The van der Waals surface area contributed by atoms with E-state index in [-0.39, 0.29) is 0 Å². The van der Waals surface area contributed by atoms with Crippen LogP contribution in [-0.2, 0) is 0 Å². The minimum absolute atomic E-state index is 0.492. The monoisotopic (exact) mass is 310 g/mol. The number of thiazole rings is 1. The fourth-order valence-electron chi connectivity index (χ4n) is 3.00. The first-order valence-electron chi connectivity index (χ1n) is 7.56. The molecule has 3 rings (SSSR count). The first-order valence-corrected chi connectivity index (χ1v) is 8.79. The number of hydrogen-bond acceptors (Lipinski definition) is 5. The van der Waals surface area contributed by atoms with Gasteiger partial charge in [0.05, 0.1) is 0 Å². The molecule has 4 nitrogen and oxygen atoms in total. The molecule has 0 aromatic carbocycles. The number of rotatable bonds is 3. The van der Waals surface area contributed by atoms with Crippen LogP contribution in [0.1, 0.15) is 43.4 Å². The third-order valence-corrected chi connectivity index (χ3v) is 5.58. The normalized spacial score (nSPS) is 20.2. The zero-order chi connectivity index (χ0) is 13.9. The Labute approximate surface area is 130 Å². The quantitative estimate of drug-likeness (QED) is 0.870. The zero-order valence-corrected chi connectivity index (χ0v) is 13.4. The van der Waals surface area contributed by atoms with E-state index in [1.807, 2.05) is 0 Å². The Hall–Kier alpha value is -0.880. The van der Waals surface area contributed by atoms with Crippen LogP contribution in [0.25, 0.3) is 0 Å². The summed E-state index contributed by atoms with van der Waals surface area (Å²) in [6.07, 6.45) is 7.67. The Morgan fingerprint density at radius 1 is 0.950 bits per heavy atom. The van der Waals surface area contributed by atoms with Gasteiger partial charge in [0.1, 0.15) is 9.87 Å². The summed E-state index contributed by atoms with van der Waals surface area (Å²) in [6, 6.07) is 0. The van der Waals surface area contributed by atoms with E-state index < -0.39 is 0 Å². The van der Waals surface area contributed by atoms with Gasteiger partial charge in [0.25, 0.3) is 0 Å². The predicted octanol–water partition coefficient (Wildman–Crippen LogP) is 2.76. The maximum absolute atomic E-state index is 5.92. The molecule has 20 heavy (non-hydrogen) atoms. The van der Waals surface area contributed by atoms with E-state index in [4.69, 9.17) is 22.9 Å². The molecule has 2 fully saturated rings. The summed E-state index contributed by atoms with van der Waals surface area (Å²) < 4.78 is 0. The second-order valence-electron chi connectivity index (χ2n) is 5.61. The van der Waals surface area contributed by atoms with Crippen molar-refractivity contribution >= 4 is 39.5 Å². The van der Waals surface area contributed by atoms with Crippen molar-refractivity contribution in [2.45, 2.75) is 38.5 Å². The molecule has 0 amide bonds. The van der Waals surface area contributed by atoms with E-state index >= 15 is 0 Å². The third-order valence-electron chi connectivity index (χ3n) is 4.10. The van der Waals surface area contributed by atoms with Gasteiger partial charge in [0, 0.05) is 26.2 Å². The Morgan fingerprint density at radius 2 is 1.50 bits per heavy atom. The van der Waals surface area contributed by atoms with Crippen LogP contribution >= 0.6 is 23.6 Å². The topological polar surface area (TPSA) is 45.4 Å². The lowest BCUT2D eigenvalue weighted by molar-refractivity contribution is 0.568. The number of piperidine rings is 2. The summed E-state index contributed by atoms with van der Waals surface area (Å²) in [4.78, 5) is 11.1. The zero-order valence-electron chi connectivity index (χ0n) is 11.8. The SMILES string of the molecule is NC(=S)c1sc(N2CCCCC2)nc1N1CCCCC1. The second kappa shape index (κ2) is 6.26. The maximum Gasteiger partial charge on any atom is 0.188 e. The molecule has 2 aliphatic rings. The van der Waals surface area contributed by atoms with E-state index in [9.17, 15) is 0 Å². The molecule has 2 N–H and O–H groups in total. The number of hydrogen-bond donors (Lipinski definition) is 1. The van der Waals surface area contributed by atoms with Gasteiger partial charge in [-0.25, -0.2) is 4.98 Å². The highest BCUT2D eigenvalue weighted by atomic mass is 32.1. The highest BCUT2D eigenvalue weighted by molar-refractivity contribution is 7.81. The van der Waals surface area contributed by atoms with Crippen LogP contribution in [0.3, 0.4) is 0 Å². The van der Waals surface area contributed by atoms with Crippen LogP contribution in [-0.4, -0.2) is 36.2 Å². The first-order chi connectivity index (χ1) is 9.75. The molecular weight excluding hydrogens is 288 g/mol. The largest absolute Gasteiger partial charge is 0.389 e. The molecule has 0 radical (unpaired) electrons. The van der Waals surface area contributed by atoms with Crippen LogP contribution in [0.4, 0.5) is 10.9 Å². The highest BCUT2D eigenvalue weighted by Gasteiger charge is 2.23. The van der Waals surface area contributed by atoms with Crippen LogP contribution < -0.4 is 15.5 Å². The lowest BCUT2D eigenvalue weighted by Crippen LogP contribution is -2.32. The van der Waals surface area contributed by atoms with Crippen LogP contribution in [0, 0.1) is 0 Å². The average molecular weight is 310 g/mol. The average Bonchev–Trinajstić information content (AvgIpc) is 2.94. The Balaban J connectivity index is 1.87. The van der Waals surface area contributed by atoms with Gasteiger partial charge in [-0.15, -0.1) is 0 Å². The smallest absolute Gasteiger partial charge is 0.188 e. The molecule has 0 saturated carbocycles. The molecule has 0 atom stereocenters. The molecule has 1 aromatic rings. The van der Waals surface area contributed by atoms with Crippen molar-refractivity contribution in [2.24, 2.45) is 5.73 Å². The van der Waals surface area contributed by atoms with Gasteiger partial charge in [-0.2, -0.15) is 0 Å². The van der Waals surface area contributed by atoms with Crippen LogP contribution in [0.2, 0.25) is 0 Å². The molecule has 0 aliphatic carbocycles. The summed E-state index contributed by atoms with van der Waals surface area (Å²) in [6.45, 7) is 4.39. The summed E-state index contributed by atoms with van der Waals surface area (Å²) in [5.41, 5.74) is 5.92. The minimum Gasteiger partial charge on any atom is -0.389 e.